The lowest BCUT2D eigenvalue weighted by molar-refractivity contribution is -0.162. The van der Waals surface area contributed by atoms with Gasteiger partial charge in [-0.15, -0.1) is 0 Å². The Labute approximate surface area is 151 Å². The second-order valence-electron chi connectivity index (χ2n) is 8.15. The molecule has 0 saturated carbocycles. The molecule has 2 bridgehead atoms. The quantitative estimate of drug-likeness (QED) is 0.655. The van der Waals surface area contributed by atoms with E-state index in [1.54, 1.807) is 0 Å². The van der Waals surface area contributed by atoms with E-state index in [0.717, 1.165) is 23.5 Å². The van der Waals surface area contributed by atoms with Gasteiger partial charge in [0.1, 0.15) is 12.2 Å². The van der Waals surface area contributed by atoms with Crippen molar-refractivity contribution in [3.63, 3.8) is 0 Å². The lowest BCUT2D eigenvalue weighted by atomic mass is 9.87. The summed E-state index contributed by atoms with van der Waals surface area (Å²) in [5, 5.41) is 0. The van der Waals surface area contributed by atoms with Crippen molar-refractivity contribution in [2.75, 3.05) is 13.3 Å². The van der Waals surface area contributed by atoms with Crippen LogP contribution in [0.25, 0.3) is 0 Å². The van der Waals surface area contributed by atoms with Crippen molar-refractivity contribution in [3.05, 3.63) is 23.3 Å². The molecule has 5 atom stereocenters. The summed E-state index contributed by atoms with van der Waals surface area (Å²) in [6, 6.07) is 4.09. The van der Waals surface area contributed by atoms with E-state index in [1.165, 1.54) is 5.56 Å². The molecule has 5 aliphatic rings. The molecule has 7 nitrogen and oxygen atoms in total. The average Bonchev–Trinajstić information content (AvgIpc) is 3.17. The maximum absolute atomic E-state index is 13.2. The van der Waals surface area contributed by atoms with Crippen LogP contribution in [0.2, 0.25) is 0 Å². The lowest BCUT2D eigenvalue weighted by Gasteiger charge is -2.25. The Morgan fingerprint density at radius 3 is 2.73 bits per heavy atom. The summed E-state index contributed by atoms with van der Waals surface area (Å²) < 4.78 is 29.2. The Morgan fingerprint density at radius 2 is 1.88 bits per heavy atom. The number of rotatable bonds is 0. The second kappa shape index (κ2) is 4.91. The maximum Gasteiger partial charge on any atom is 0.254 e. The summed E-state index contributed by atoms with van der Waals surface area (Å²) in [7, 11) is 0. The van der Waals surface area contributed by atoms with Crippen LogP contribution >= 0.6 is 0 Å². The molecular formula is C19H21NO6. The van der Waals surface area contributed by atoms with Crippen LogP contribution in [0.5, 0.6) is 11.5 Å². The van der Waals surface area contributed by atoms with Gasteiger partial charge in [0.05, 0.1) is 6.10 Å². The van der Waals surface area contributed by atoms with Gasteiger partial charge in [-0.3, -0.25) is 4.79 Å². The van der Waals surface area contributed by atoms with Crippen LogP contribution in [-0.2, 0) is 25.5 Å². The van der Waals surface area contributed by atoms with E-state index >= 15 is 0 Å². The number of hydrogen-bond acceptors (Lipinski definition) is 6. The minimum atomic E-state index is -0.772. The molecule has 26 heavy (non-hydrogen) atoms. The number of epoxide rings is 1. The number of carbonyl (C=O) groups excluding carboxylic acids is 1. The van der Waals surface area contributed by atoms with Crippen molar-refractivity contribution in [2.24, 2.45) is 0 Å². The van der Waals surface area contributed by atoms with Gasteiger partial charge in [-0.1, -0.05) is 0 Å². The molecule has 7 heteroatoms. The molecule has 1 aromatic carbocycles. The van der Waals surface area contributed by atoms with Crippen molar-refractivity contribution < 1.29 is 28.5 Å². The van der Waals surface area contributed by atoms with Crippen LogP contribution in [0.1, 0.15) is 37.3 Å². The number of ether oxygens (including phenoxy) is 5. The fraction of sp³-hybridized carbons (Fsp3) is 0.632. The first-order valence-corrected chi connectivity index (χ1v) is 9.22. The minimum absolute atomic E-state index is 0.0130. The van der Waals surface area contributed by atoms with Gasteiger partial charge in [0.2, 0.25) is 6.79 Å². The van der Waals surface area contributed by atoms with Gasteiger partial charge in [0.25, 0.3) is 5.91 Å². The van der Waals surface area contributed by atoms with Crippen molar-refractivity contribution in [2.45, 2.75) is 62.9 Å². The Morgan fingerprint density at radius 1 is 1.08 bits per heavy atom. The summed E-state index contributed by atoms with van der Waals surface area (Å²) in [6.45, 7) is 5.18. The highest BCUT2D eigenvalue weighted by molar-refractivity contribution is 5.82. The highest BCUT2D eigenvalue weighted by atomic mass is 16.8. The molecule has 5 heterocycles. The van der Waals surface area contributed by atoms with Gasteiger partial charge in [0.15, 0.2) is 23.4 Å². The van der Waals surface area contributed by atoms with Gasteiger partial charge in [-0.05, 0) is 43.5 Å². The molecule has 138 valence electrons. The van der Waals surface area contributed by atoms with E-state index in [9.17, 15) is 4.79 Å². The summed E-state index contributed by atoms with van der Waals surface area (Å²) in [6.07, 6.45) is -0.143. The van der Waals surface area contributed by atoms with Gasteiger partial charge >= 0.3 is 0 Å². The Bertz CT molecular complexity index is 807. The number of amides is 1. The third kappa shape index (κ3) is 2.08. The minimum Gasteiger partial charge on any atom is -0.454 e. The van der Waals surface area contributed by atoms with E-state index in [-0.39, 0.29) is 36.9 Å². The Hall–Kier alpha value is -1.83. The second-order valence-corrected chi connectivity index (χ2v) is 8.15. The van der Waals surface area contributed by atoms with Crippen LogP contribution < -0.4 is 9.47 Å². The smallest absolute Gasteiger partial charge is 0.254 e. The molecule has 0 N–H and O–H groups in total. The SMILES string of the molecule is CC1(C)O[C@@H]2[C@H]3O[C@H]3[C@@H]3CCN(Cc4cc5c(cc43)OCO5)C(=O)[C@H]2O1. The lowest BCUT2D eigenvalue weighted by Crippen LogP contribution is -2.45. The number of benzene rings is 1. The summed E-state index contributed by atoms with van der Waals surface area (Å²) >= 11 is 0. The number of carbonyl (C=O) groups is 1. The van der Waals surface area contributed by atoms with Gasteiger partial charge in [-0.25, -0.2) is 0 Å². The molecule has 0 spiro atoms. The molecule has 5 aliphatic heterocycles. The zero-order valence-corrected chi connectivity index (χ0v) is 14.8. The first-order chi connectivity index (χ1) is 12.5. The van der Waals surface area contributed by atoms with Crippen molar-refractivity contribution in [3.8, 4) is 11.5 Å². The number of nitrogens with zero attached hydrogens (tertiary/aromatic N) is 1. The molecular weight excluding hydrogens is 338 g/mol. The number of fused-ring (bicyclic) bond motifs is 10. The maximum atomic E-state index is 13.2. The van der Waals surface area contributed by atoms with Crippen LogP contribution in [0.3, 0.4) is 0 Å². The number of hydrogen-bond donors (Lipinski definition) is 0. The first kappa shape index (κ1) is 15.2. The van der Waals surface area contributed by atoms with E-state index in [1.807, 2.05) is 24.8 Å². The van der Waals surface area contributed by atoms with Gasteiger partial charge in [-0.2, -0.15) is 0 Å². The zero-order chi connectivity index (χ0) is 17.6. The first-order valence-electron chi connectivity index (χ1n) is 9.22. The van der Waals surface area contributed by atoms with E-state index in [0.29, 0.717) is 13.1 Å². The van der Waals surface area contributed by atoms with Gasteiger partial charge < -0.3 is 28.6 Å². The molecule has 0 radical (unpaired) electrons. The molecule has 0 unspecified atom stereocenters. The predicted molar refractivity (Wildman–Crippen MR) is 87.8 cm³/mol. The highest BCUT2D eigenvalue weighted by Gasteiger charge is 2.61. The van der Waals surface area contributed by atoms with Gasteiger partial charge in [0, 0.05) is 19.0 Å². The predicted octanol–water partition coefficient (Wildman–Crippen LogP) is 1.53. The Balaban J connectivity index is 1.46. The van der Waals surface area contributed by atoms with Crippen LogP contribution in [0.4, 0.5) is 0 Å². The van der Waals surface area contributed by atoms with Crippen molar-refractivity contribution in [1.29, 1.82) is 0 Å². The molecule has 6 rings (SSSR count). The molecule has 3 fully saturated rings. The third-order valence-electron chi connectivity index (χ3n) is 6.07. The van der Waals surface area contributed by atoms with Crippen LogP contribution in [-0.4, -0.2) is 54.3 Å². The van der Waals surface area contributed by atoms with Crippen LogP contribution in [0.15, 0.2) is 12.1 Å². The van der Waals surface area contributed by atoms with Crippen molar-refractivity contribution in [1.82, 2.24) is 4.90 Å². The average molecular weight is 359 g/mol. The largest absolute Gasteiger partial charge is 0.454 e. The Kier molecular flexibility index (Phi) is 2.88. The molecule has 1 aromatic rings. The standard InChI is InChI=1S/C19H21NO6/c1-19(2)25-16-15-14(24-15)10-3-4-20(18(21)17(16)26-19)7-9-5-12-13(6-11(9)10)23-8-22-12/h5-6,10,14-17H,3-4,7-8H2,1-2H3/t10-,14+,15+,16-,17+/m1/s1. The third-order valence-corrected chi connectivity index (χ3v) is 6.07. The monoisotopic (exact) mass is 359 g/mol. The van der Waals surface area contributed by atoms with E-state index in [4.69, 9.17) is 23.7 Å². The fourth-order valence-corrected chi connectivity index (χ4v) is 4.87. The normalized spacial score (nSPS) is 38.6. The molecule has 0 aliphatic carbocycles. The van der Waals surface area contributed by atoms with Crippen molar-refractivity contribution >= 4 is 5.91 Å². The molecule has 0 aromatic heterocycles. The fourth-order valence-electron chi connectivity index (χ4n) is 4.87. The summed E-state index contributed by atoms with van der Waals surface area (Å²) in [5.41, 5.74) is 2.31. The summed E-state index contributed by atoms with van der Waals surface area (Å²) in [5.74, 6) is 0.962. The molecule has 1 amide bonds. The molecule has 3 saturated heterocycles. The topological polar surface area (TPSA) is 69.8 Å². The highest BCUT2D eigenvalue weighted by Crippen LogP contribution is 2.50. The van der Waals surface area contributed by atoms with Crippen LogP contribution in [0, 0.1) is 0 Å². The summed E-state index contributed by atoms with van der Waals surface area (Å²) in [4.78, 5) is 15.1. The van der Waals surface area contributed by atoms with E-state index in [2.05, 4.69) is 6.07 Å². The van der Waals surface area contributed by atoms with E-state index < -0.39 is 11.9 Å². The zero-order valence-electron chi connectivity index (χ0n) is 14.8.